The van der Waals surface area contributed by atoms with Gasteiger partial charge in [-0.1, -0.05) is 73.9 Å². The number of benzene rings is 3. The first-order valence-electron chi connectivity index (χ1n) is 14.1. The normalized spacial score (nSPS) is 14.6. The number of ether oxygens (including phenoxy) is 1. The Kier molecular flexibility index (Phi) is 10.0. The molecule has 0 spiro atoms. The van der Waals surface area contributed by atoms with Gasteiger partial charge in [0, 0.05) is 12.6 Å². The van der Waals surface area contributed by atoms with Crippen molar-refractivity contribution >= 4 is 27.5 Å². The number of sulfonamides is 1. The average Bonchev–Trinajstić information content (AvgIpc) is 3.00. The molecule has 3 aromatic rings. The highest BCUT2D eigenvalue weighted by Crippen LogP contribution is 2.32. The maximum absolute atomic E-state index is 14.2. The second-order valence-corrected chi connectivity index (χ2v) is 12.3. The van der Waals surface area contributed by atoms with Gasteiger partial charge < -0.3 is 15.0 Å². The van der Waals surface area contributed by atoms with Crippen molar-refractivity contribution < 1.29 is 22.7 Å². The van der Waals surface area contributed by atoms with Gasteiger partial charge in [0.05, 0.1) is 17.7 Å². The third-order valence-corrected chi connectivity index (χ3v) is 9.46. The van der Waals surface area contributed by atoms with E-state index in [1.165, 1.54) is 24.1 Å². The smallest absolute Gasteiger partial charge is 0.264 e. The monoisotopic (exact) mass is 577 g/mol. The van der Waals surface area contributed by atoms with E-state index in [0.717, 1.165) is 47.5 Å². The number of carbonyl (C=O) groups is 2. The minimum absolute atomic E-state index is 0.0484. The van der Waals surface area contributed by atoms with E-state index in [4.69, 9.17) is 4.74 Å². The summed E-state index contributed by atoms with van der Waals surface area (Å²) in [6.07, 6.45) is 5.13. The molecule has 1 aliphatic rings. The summed E-state index contributed by atoms with van der Waals surface area (Å²) in [7, 11) is -2.71. The van der Waals surface area contributed by atoms with Crippen LogP contribution in [0.1, 0.15) is 50.2 Å². The molecule has 41 heavy (non-hydrogen) atoms. The number of para-hydroxylation sites is 2. The average molecular weight is 578 g/mol. The van der Waals surface area contributed by atoms with Gasteiger partial charge in [-0.25, -0.2) is 8.42 Å². The number of aryl methyl sites for hydroxylation is 1. The number of nitrogens with zero attached hydrogens (tertiary/aromatic N) is 2. The summed E-state index contributed by atoms with van der Waals surface area (Å²) in [6.45, 7) is 3.31. The predicted octanol–water partition coefficient (Wildman–Crippen LogP) is 5.07. The van der Waals surface area contributed by atoms with Crippen molar-refractivity contribution in [3.8, 4) is 5.75 Å². The fraction of sp³-hybridized carbons (Fsp3) is 0.375. The van der Waals surface area contributed by atoms with E-state index in [2.05, 4.69) is 5.32 Å². The molecule has 0 bridgehead atoms. The molecule has 0 aliphatic heterocycles. The molecule has 1 atom stereocenters. The summed E-state index contributed by atoms with van der Waals surface area (Å²) in [5, 5.41) is 3.13. The molecular formula is C32H39N3O5S. The zero-order valence-corrected chi connectivity index (χ0v) is 24.8. The number of hydrogen-bond acceptors (Lipinski definition) is 5. The van der Waals surface area contributed by atoms with Crippen LogP contribution in [0.25, 0.3) is 0 Å². The third kappa shape index (κ3) is 7.27. The van der Waals surface area contributed by atoms with Gasteiger partial charge in [-0.05, 0) is 62.1 Å². The van der Waals surface area contributed by atoms with Crippen LogP contribution in [-0.4, -0.2) is 50.9 Å². The molecule has 0 heterocycles. The zero-order chi connectivity index (χ0) is 29.4. The first kappa shape index (κ1) is 30.1. The number of hydrogen-bond donors (Lipinski definition) is 1. The Morgan fingerprint density at radius 1 is 0.927 bits per heavy atom. The summed E-state index contributed by atoms with van der Waals surface area (Å²) >= 11 is 0. The molecule has 1 saturated carbocycles. The van der Waals surface area contributed by atoms with Crippen molar-refractivity contribution in [2.24, 2.45) is 0 Å². The molecule has 1 aliphatic carbocycles. The largest absolute Gasteiger partial charge is 0.495 e. The lowest BCUT2D eigenvalue weighted by atomic mass is 9.95. The van der Waals surface area contributed by atoms with Crippen molar-refractivity contribution in [3.05, 3.63) is 90.0 Å². The molecule has 4 rings (SSSR count). The van der Waals surface area contributed by atoms with Crippen molar-refractivity contribution in [2.75, 3.05) is 18.0 Å². The molecule has 2 amide bonds. The summed E-state index contributed by atoms with van der Waals surface area (Å²) in [6, 6.07) is 21.6. The lowest BCUT2D eigenvalue weighted by molar-refractivity contribution is -0.139. The summed E-state index contributed by atoms with van der Waals surface area (Å²) in [5.41, 5.74) is 2.10. The van der Waals surface area contributed by atoms with Gasteiger partial charge in [-0.3, -0.25) is 13.9 Å². The Bertz CT molecular complexity index is 1440. The van der Waals surface area contributed by atoms with Gasteiger partial charge >= 0.3 is 0 Å². The van der Waals surface area contributed by atoms with Crippen LogP contribution < -0.4 is 14.4 Å². The number of amides is 2. The van der Waals surface area contributed by atoms with Gasteiger partial charge in [0.15, 0.2) is 0 Å². The van der Waals surface area contributed by atoms with Gasteiger partial charge in [0.25, 0.3) is 10.0 Å². The molecule has 0 unspecified atom stereocenters. The third-order valence-electron chi connectivity index (χ3n) is 7.68. The maximum atomic E-state index is 14.2. The van der Waals surface area contributed by atoms with E-state index >= 15 is 0 Å². The SMILES string of the molecule is COc1ccccc1N(CC(=O)N(Cc1ccccc1C)[C@H](C)C(=O)NC1CCCCC1)S(=O)(=O)c1ccccc1. The highest BCUT2D eigenvalue weighted by atomic mass is 32.2. The van der Waals surface area contributed by atoms with E-state index in [1.807, 2.05) is 31.2 Å². The van der Waals surface area contributed by atoms with Crippen molar-refractivity contribution in [3.63, 3.8) is 0 Å². The van der Waals surface area contributed by atoms with Gasteiger partial charge in [0.1, 0.15) is 18.3 Å². The van der Waals surface area contributed by atoms with Crippen LogP contribution in [0, 0.1) is 6.92 Å². The summed E-state index contributed by atoms with van der Waals surface area (Å²) in [4.78, 5) is 29.1. The standard InChI is InChI=1S/C32H39N3O5S/c1-24-14-10-11-15-26(24)22-34(25(2)32(37)33-27-16-6-4-7-17-27)31(36)23-35(29-20-12-13-21-30(29)40-3)41(38,39)28-18-8-5-9-19-28/h5,8-15,18-21,25,27H,4,6-7,16-17,22-23H2,1-3H3,(H,33,37)/t25-/m1/s1. The van der Waals surface area contributed by atoms with Crippen LogP contribution in [0.4, 0.5) is 5.69 Å². The first-order chi connectivity index (χ1) is 19.7. The molecular weight excluding hydrogens is 538 g/mol. The topological polar surface area (TPSA) is 96.0 Å². The Morgan fingerprint density at radius 2 is 1.56 bits per heavy atom. The molecule has 3 aromatic carbocycles. The van der Waals surface area contributed by atoms with Crippen LogP contribution in [0.15, 0.2) is 83.8 Å². The number of carbonyl (C=O) groups excluding carboxylic acids is 2. The lowest BCUT2D eigenvalue weighted by Crippen LogP contribution is -2.53. The Labute approximate surface area is 243 Å². The van der Waals surface area contributed by atoms with E-state index in [9.17, 15) is 18.0 Å². The van der Waals surface area contributed by atoms with E-state index in [-0.39, 0.29) is 29.1 Å². The number of nitrogens with one attached hydrogen (secondary N) is 1. The van der Waals surface area contributed by atoms with E-state index in [1.54, 1.807) is 49.4 Å². The fourth-order valence-corrected chi connectivity index (χ4v) is 6.64. The van der Waals surface area contributed by atoms with Crippen LogP contribution in [-0.2, 0) is 26.2 Å². The maximum Gasteiger partial charge on any atom is 0.264 e. The highest BCUT2D eigenvalue weighted by Gasteiger charge is 2.34. The number of methoxy groups -OCH3 is 1. The van der Waals surface area contributed by atoms with Gasteiger partial charge in [0.2, 0.25) is 11.8 Å². The fourth-order valence-electron chi connectivity index (χ4n) is 5.19. The molecule has 8 nitrogen and oxygen atoms in total. The van der Waals surface area contributed by atoms with Crippen LogP contribution in [0.5, 0.6) is 5.75 Å². The molecule has 0 aromatic heterocycles. The number of anilines is 1. The van der Waals surface area contributed by atoms with Gasteiger partial charge in [-0.2, -0.15) is 0 Å². The molecule has 218 valence electrons. The van der Waals surface area contributed by atoms with Crippen molar-refractivity contribution in [1.29, 1.82) is 0 Å². The zero-order valence-electron chi connectivity index (χ0n) is 24.0. The van der Waals surface area contributed by atoms with Gasteiger partial charge in [-0.15, -0.1) is 0 Å². The van der Waals surface area contributed by atoms with E-state index in [0.29, 0.717) is 5.75 Å². The lowest BCUT2D eigenvalue weighted by Gasteiger charge is -2.33. The summed E-state index contributed by atoms with van der Waals surface area (Å²) < 4.78 is 34.5. The predicted molar refractivity (Wildman–Crippen MR) is 160 cm³/mol. The second-order valence-electron chi connectivity index (χ2n) is 10.5. The van der Waals surface area contributed by atoms with Crippen molar-refractivity contribution in [1.82, 2.24) is 10.2 Å². The quantitative estimate of drug-likeness (QED) is 0.344. The minimum Gasteiger partial charge on any atom is -0.495 e. The first-order valence-corrected chi connectivity index (χ1v) is 15.5. The molecule has 0 radical (unpaired) electrons. The second kappa shape index (κ2) is 13.7. The Balaban J connectivity index is 1.70. The Morgan fingerprint density at radius 3 is 2.24 bits per heavy atom. The molecule has 1 fully saturated rings. The summed E-state index contributed by atoms with van der Waals surface area (Å²) in [5.74, 6) is -0.424. The van der Waals surface area contributed by atoms with Crippen LogP contribution in [0.3, 0.4) is 0 Å². The molecule has 0 saturated heterocycles. The highest BCUT2D eigenvalue weighted by molar-refractivity contribution is 7.92. The van der Waals surface area contributed by atoms with Crippen molar-refractivity contribution in [2.45, 2.75) is 69.5 Å². The van der Waals surface area contributed by atoms with Crippen LogP contribution in [0.2, 0.25) is 0 Å². The van der Waals surface area contributed by atoms with E-state index < -0.39 is 28.5 Å². The van der Waals surface area contributed by atoms with Crippen LogP contribution >= 0.6 is 0 Å². The molecule has 9 heteroatoms. The molecule has 1 N–H and O–H groups in total. The Hall–Kier alpha value is -3.85. The number of rotatable bonds is 11. The minimum atomic E-state index is -4.16.